The van der Waals surface area contributed by atoms with Gasteiger partial charge in [-0.2, -0.15) is 0 Å². The molecule has 4 heterocycles. The number of aromatic nitrogens is 2. The number of para-hydroxylation sites is 1. The highest BCUT2D eigenvalue weighted by Crippen LogP contribution is 2.30. The highest BCUT2D eigenvalue weighted by molar-refractivity contribution is 7.17. The Hall–Kier alpha value is -2.47. The molecule has 0 aliphatic rings. The van der Waals surface area contributed by atoms with Crippen LogP contribution in [0.25, 0.3) is 20.2 Å². The average Bonchev–Trinajstić information content (AvgIpc) is 3.33. The molecule has 0 saturated carbocycles. The maximum Gasteiger partial charge on any atom is 0.227 e. The fourth-order valence-corrected chi connectivity index (χ4v) is 4.24. The van der Waals surface area contributed by atoms with E-state index in [9.17, 15) is 0 Å². The van der Waals surface area contributed by atoms with Crippen molar-refractivity contribution in [2.45, 2.75) is 0 Å². The summed E-state index contributed by atoms with van der Waals surface area (Å²) >= 11 is 9.16. The molecule has 0 aliphatic carbocycles. The maximum absolute atomic E-state index is 5.79. The lowest BCUT2D eigenvalue weighted by atomic mass is 10.3. The first kappa shape index (κ1) is 17.0. The van der Waals surface area contributed by atoms with Gasteiger partial charge in [-0.1, -0.05) is 29.8 Å². The Kier molecular flexibility index (Phi) is 5.11. The van der Waals surface area contributed by atoms with Gasteiger partial charge in [0.1, 0.15) is 10.9 Å². The van der Waals surface area contributed by atoms with E-state index in [4.69, 9.17) is 16.3 Å². The van der Waals surface area contributed by atoms with Gasteiger partial charge in [0.15, 0.2) is 0 Å². The maximum atomic E-state index is 5.79. The second-order valence-electron chi connectivity index (χ2n) is 5.30. The first-order chi connectivity index (χ1) is 12.8. The first-order valence-electron chi connectivity index (χ1n) is 7.84. The minimum absolute atomic E-state index is 0.596. The van der Waals surface area contributed by atoms with Crippen LogP contribution in [-0.2, 0) is 0 Å². The lowest BCUT2D eigenvalue weighted by molar-refractivity contribution is 0.469. The SMILES string of the molecule is Clc1nccc2sccc12.c1ccc(Oc2nccc3sccc23)cc1. The van der Waals surface area contributed by atoms with Crippen LogP contribution in [0.1, 0.15) is 0 Å². The van der Waals surface area contributed by atoms with Crippen LogP contribution in [0, 0.1) is 0 Å². The molecule has 4 aromatic heterocycles. The van der Waals surface area contributed by atoms with E-state index in [-0.39, 0.29) is 0 Å². The lowest BCUT2D eigenvalue weighted by Crippen LogP contribution is -1.86. The van der Waals surface area contributed by atoms with E-state index in [0.29, 0.717) is 11.0 Å². The number of rotatable bonds is 2. The molecule has 3 nitrogen and oxygen atoms in total. The predicted molar refractivity (Wildman–Crippen MR) is 111 cm³/mol. The van der Waals surface area contributed by atoms with E-state index in [1.54, 1.807) is 35.1 Å². The molecule has 1 aromatic carbocycles. The van der Waals surface area contributed by atoms with E-state index >= 15 is 0 Å². The van der Waals surface area contributed by atoms with Gasteiger partial charge in [0.05, 0.1) is 5.39 Å². The molecule has 0 atom stereocenters. The van der Waals surface area contributed by atoms with Crippen LogP contribution >= 0.6 is 34.3 Å². The van der Waals surface area contributed by atoms with E-state index < -0.39 is 0 Å². The minimum Gasteiger partial charge on any atom is -0.438 e. The monoisotopic (exact) mass is 396 g/mol. The van der Waals surface area contributed by atoms with Crippen molar-refractivity contribution in [1.82, 2.24) is 9.97 Å². The molecule has 26 heavy (non-hydrogen) atoms. The molecule has 128 valence electrons. The number of fused-ring (bicyclic) bond motifs is 2. The van der Waals surface area contributed by atoms with E-state index in [1.807, 2.05) is 65.4 Å². The van der Waals surface area contributed by atoms with Crippen LogP contribution in [0.4, 0.5) is 0 Å². The summed E-state index contributed by atoms with van der Waals surface area (Å²) < 4.78 is 8.14. The summed E-state index contributed by atoms with van der Waals surface area (Å²) in [4.78, 5) is 8.21. The summed E-state index contributed by atoms with van der Waals surface area (Å²) in [6.07, 6.45) is 3.50. The molecular weight excluding hydrogens is 384 g/mol. The minimum atomic E-state index is 0.596. The third-order valence-corrected chi connectivity index (χ3v) is 5.70. The summed E-state index contributed by atoms with van der Waals surface area (Å²) in [7, 11) is 0. The van der Waals surface area contributed by atoms with Gasteiger partial charge in [-0.15, -0.1) is 22.7 Å². The number of benzene rings is 1. The molecular formula is C20H13ClN2OS2. The zero-order chi connectivity index (χ0) is 17.8. The fourth-order valence-electron chi connectivity index (χ4n) is 2.41. The third kappa shape index (κ3) is 3.70. The highest BCUT2D eigenvalue weighted by atomic mass is 35.5. The van der Waals surface area contributed by atoms with Crippen LogP contribution in [0.3, 0.4) is 0 Å². The second-order valence-corrected chi connectivity index (χ2v) is 7.55. The van der Waals surface area contributed by atoms with Crippen LogP contribution in [0.2, 0.25) is 5.15 Å². The molecule has 6 heteroatoms. The van der Waals surface area contributed by atoms with Gasteiger partial charge in [0.25, 0.3) is 0 Å². The van der Waals surface area contributed by atoms with Crippen molar-refractivity contribution in [3.05, 3.63) is 82.9 Å². The number of hydrogen-bond acceptors (Lipinski definition) is 5. The Morgan fingerprint density at radius 2 is 1.38 bits per heavy atom. The fraction of sp³-hybridized carbons (Fsp3) is 0. The van der Waals surface area contributed by atoms with Gasteiger partial charge in [-0.05, 0) is 47.2 Å². The quantitative estimate of drug-likeness (QED) is 0.300. The second kappa shape index (κ2) is 7.83. The van der Waals surface area contributed by atoms with Gasteiger partial charge in [0, 0.05) is 27.2 Å². The smallest absolute Gasteiger partial charge is 0.227 e. The third-order valence-electron chi connectivity index (χ3n) is 3.63. The average molecular weight is 397 g/mol. The zero-order valence-electron chi connectivity index (χ0n) is 13.5. The zero-order valence-corrected chi connectivity index (χ0v) is 15.9. The normalized spacial score (nSPS) is 10.5. The molecule has 0 fully saturated rings. The number of thiophene rings is 2. The molecule has 0 saturated heterocycles. The molecule has 0 radical (unpaired) electrons. The summed E-state index contributed by atoms with van der Waals surface area (Å²) in [5.41, 5.74) is 0. The summed E-state index contributed by atoms with van der Waals surface area (Å²) in [6, 6.07) is 17.7. The first-order valence-corrected chi connectivity index (χ1v) is 9.98. The van der Waals surface area contributed by atoms with Gasteiger partial charge in [-0.25, -0.2) is 9.97 Å². The topological polar surface area (TPSA) is 35.0 Å². The van der Waals surface area contributed by atoms with Crippen molar-refractivity contribution in [1.29, 1.82) is 0 Å². The van der Waals surface area contributed by atoms with Crippen molar-refractivity contribution in [2.75, 3.05) is 0 Å². The van der Waals surface area contributed by atoms with Crippen LogP contribution in [-0.4, -0.2) is 9.97 Å². The van der Waals surface area contributed by atoms with E-state index in [0.717, 1.165) is 16.5 Å². The number of hydrogen-bond donors (Lipinski definition) is 0. The molecule has 0 unspecified atom stereocenters. The standard InChI is InChI=1S/C13H9NOS.C7H4ClNS/c1-2-4-10(5-3-1)15-13-11-7-9-16-12(11)6-8-14-13;8-7-5-2-4-10-6(5)1-3-9-7/h1-9H;1-4H. The summed E-state index contributed by atoms with van der Waals surface area (Å²) in [6.45, 7) is 0. The molecule has 5 aromatic rings. The van der Waals surface area contributed by atoms with Crippen LogP contribution in [0.15, 0.2) is 77.8 Å². The van der Waals surface area contributed by atoms with Gasteiger partial charge in [-0.3, -0.25) is 0 Å². The molecule has 0 amide bonds. The van der Waals surface area contributed by atoms with Gasteiger partial charge in [0.2, 0.25) is 5.88 Å². The van der Waals surface area contributed by atoms with Crippen molar-refractivity contribution in [3.8, 4) is 11.6 Å². The Labute approximate surface area is 163 Å². The Bertz CT molecular complexity index is 1140. The molecule has 0 N–H and O–H groups in total. The molecule has 0 spiro atoms. The lowest BCUT2D eigenvalue weighted by Gasteiger charge is -2.04. The van der Waals surface area contributed by atoms with Crippen LogP contribution < -0.4 is 4.74 Å². The Morgan fingerprint density at radius 1 is 0.731 bits per heavy atom. The Morgan fingerprint density at radius 3 is 2.12 bits per heavy atom. The van der Waals surface area contributed by atoms with Crippen molar-refractivity contribution >= 4 is 54.4 Å². The molecule has 0 aliphatic heterocycles. The largest absolute Gasteiger partial charge is 0.438 e. The van der Waals surface area contributed by atoms with Crippen molar-refractivity contribution < 1.29 is 4.74 Å². The number of pyridine rings is 2. The van der Waals surface area contributed by atoms with Crippen molar-refractivity contribution in [2.24, 2.45) is 0 Å². The van der Waals surface area contributed by atoms with Gasteiger partial charge >= 0.3 is 0 Å². The van der Waals surface area contributed by atoms with Gasteiger partial charge < -0.3 is 4.74 Å². The van der Waals surface area contributed by atoms with Crippen LogP contribution in [0.5, 0.6) is 11.6 Å². The van der Waals surface area contributed by atoms with E-state index in [1.165, 1.54) is 9.40 Å². The molecule has 0 bridgehead atoms. The number of halogens is 1. The summed E-state index contributed by atoms with van der Waals surface area (Å²) in [5.74, 6) is 1.48. The number of nitrogens with zero attached hydrogens (tertiary/aromatic N) is 2. The predicted octanol–water partition coefficient (Wildman–Crippen LogP) is 7.04. The highest BCUT2D eigenvalue weighted by Gasteiger charge is 2.05. The molecule has 5 rings (SSSR count). The van der Waals surface area contributed by atoms with E-state index in [2.05, 4.69) is 9.97 Å². The number of ether oxygens (including phenoxy) is 1. The Balaban J connectivity index is 0.000000144. The summed E-state index contributed by atoms with van der Waals surface area (Å²) in [5, 5.41) is 6.77. The van der Waals surface area contributed by atoms with Crippen molar-refractivity contribution in [3.63, 3.8) is 0 Å².